The lowest BCUT2D eigenvalue weighted by molar-refractivity contribution is -0.137. The molecule has 5 N–H and O–H groups in total. The normalized spacial score (nSPS) is 18.7. The van der Waals surface area contributed by atoms with Gasteiger partial charge in [-0.3, -0.25) is 4.79 Å². The molecular formula is C24H27F4N5O2. The smallest absolute Gasteiger partial charge is 0.383 e. The van der Waals surface area contributed by atoms with Gasteiger partial charge in [0.25, 0.3) is 5.91 Å². The number of ether oxygens (including phenoxy) is 1. The number of nitrogens with zero attached hydrogens (tertiary/aromatic N) is 2. The monoisotopic (exact) mass is 493 g/mol. The number of nitrogens with two attached hydrogens (primary N) is 2. The van der Waals surface area contributed by atoms with Gasteiger partial charge >= 0.3 is 6.18 Å². The highest BCUT2D eigenvalue weighted by molar-refractivity contribution is 6.04. The van der Waals surface area contributed by atoms with Gasteiger partial charge in [0.05, 0.1) is 23.4 Å². The Labute approximate surface area is 199 Å². The highest BCUT2D eigenvalue weighted by Gasteiger charge is 2.33. The van der Waals surface area contributed by atoms with Crippen LogP contribution in [0.25, 0.3) is 22.2 Å². The topological polar surface area (TPSA) is 108 Å². The molecule has 1 fully saturated rings. The molecule has 3 aromatic rings. The number of carbonyl (C=O) groups excluding carboxylic acids is 1. The van der Waals surface area contributed by atoms with E-state index in [9.17, 15) is 22.4 Å². The Kier molecular flexibility index (Phi) is 7.00. The predicted molar refractivity (Wildman–Crippen MR) is 124 cm³/mol. The van der Waals surface area contributed by atoms with Crippen LogP contribution in [0, 0.1) is 5.82 Å². The highest BCUT2D eigenvalue weighted by atomic mass is 19.4. The summed E-state index contributed by atoms with van der Waals surface area (Å²) in [5, 5.41) is 3.41. The third kappa shape index (κ3) is 5.10. The van der Waals surface area contributed by atoms with E-state index in [1.807, 2.05) is 0 Å². The van der Waals surface area contributed by atoms with Gasteiger partial charge < -0.3 is 26.1 Å². The van der Waals surface area contributed by atoms with Crippen molar-refractivity contribution in [2.45, 2.75) is 50.5 Å². The summed E-state index contributed by atoms with van der Waals surface area (Å²) in [6, 6.07) is 4.00. The molecule has 0 saturated heterocycles. The lowest BCUT2D eigenvalue weighted by atomic mass is 9.91. The quantitative estimate of drug-likeness (QED) is 0.426. The average molecular weight is 494 g/mol. The first-order chi connectivity index (χ1) is 16.6. The van der Waals surface area contributed by atoms with Crippen molar-refractivity contribution < 1.29 is 27.1 Å². The van der Waals surface area contributed by atoms with Crippen LogP contribution in [0.1, 0.15) is 41.6 Å². The molecule has 2 atom stereocenters. The molecule has 0 radical (unpaired) electrons. The number of aromatic nitrogens is 2. The van der Waals surface area contributed by atoms with Gasteiger partial charge in [-0.05, 0) is 37.1 Å². The van der Waals surface area contributed by atoms with Gasteiger partial charge in [0, 0.05) is 48.4 Å². The number of benzene rings is 1. The second-order valence-electron chi connectivity index (χ2n) is 8.73. The number of amides is 1. The van der Waals surface area contributed by atoms with Crippen LogP contribution in [0.5, 0.6) is 0 Å². The summed E-state index contributed by atoms with van der Waals surface area (Å²) in [6.07, 6.45) is 0.287. The largest absolute Gasteiger partial charge is 0.416 e. The zero-order chi connectivity index (χ0) is 25.3. The second kappa shape index (κ2) is 9.82. The lowest BCUT2D eigenvalue weighted by Gasteiger charge is -2.30. The number of methoxy groups -OCH3 is 1. The van der Waals surface area contributed by atoms with Crippen molar-refractivity contribution in [3.8, 4) is 11.3 Å². The number of fused-ring (bicyclic) bond motifs is 1. The summed E-state index contributed by atoms with van der Waals surface area (Å²) in [4.78, 5) is 16.5. The average Bonchev–Trinajstić information content (AvgIpc) is 3.22. The first-order valence-electron chi connectivity index (χ1n) is 11.3. The molecule has 1 saturated carbocycles. The van der Waals surface area contributed by atoms with Crippen molar-refractivity contribution in [1.82, 2.24) is 9.55 Å². The van der Waals surface area contributed by atoms with Gasteiger partial charge in [0.2, 0.25) is 0 Å². The molecule has 0 bridgehead atoms. The van der Waals surface area contributed by atoms with Crippen LogP contribution in [0.15, 0.2) is 30.5 Å². The standard InChI is InChI=1S/C24H27F4N5O2/c1-35-9-8-33-7-6-14-15(10-13(11-20(14)33)24(26,27)28)21-16(22(30)34)12-17(25)23(32-21)31-19-5-3-2-4-18(19)29/h6-7,10-12,18-19H,2-5,8-9,29H2,1H3,(H2,30,34)(H,31,32). The fraction of sp³-hybridized carbons (Fsp3) is 0.417. The molecule has 1 aliphatic carbocycles. The molecule has 4 rings (SSSR count). The zero-order valence-electron chi connectivity index (χ0n) is 19.2. The fourth-order valence-corrected chi connectivity index (χ4v) is 4.54. The van der Waals surface area contributed by atoms with Crippen LogP contribution in [0.4, 0.5) is 23.4 Å². The zero-order valence-corrected chi connectivity index (χ0v) is 19.2. The fourth-order valence-electron chi connectivity index (χ4n) is 4.54. The Bertz CT molecular complexity index is 1240. The number of rotatable bonds is 7. The summed E-state index contributed by atoms with van der Waals surface area (Å²) in [5.74, 6) is -2.02. The van der Waals surface area contributed by atoms with E-state index in [2.05, 4.69) is 10.3 Å². The number of pyridine rings is 1. The van der Waals surface area contributed by atoms with E-state index >= 15 is 0 Å². The molecule has 2 heterocycles. The second-order valence-corrected chi connectivity index (χ2v) is 8.73. The number of hydrogen-bond donors (Lipinski definition) is 3. The van der Waals surface area contributed by atoms with E-state index in [0.717, 1.165) is 37.5 Å². The summed E-state index contributed by atoms with van der Waals surface area (Å²) < 4.78 is 63.1. The lowest BCUT2D eigenvalue weighted by Crippen LogP contribution is -2.43. The predicted octanol–water partition coefficient (Wildman–Crippen LogP) is 4.29. The molecular weight excluding hydrogens is 466 g/mol. The molecule has 35 heavy (non-hydrogen) atoms. The molecule has 2 aromatic heterocycles. The van der Waals surface area contributed by atoms with Crippen molar-refractivity contribution >= 4 is 22.6 Å². The first-order valence-corrected chi connectivity index (χ1v) is 11.3. The van der Waals surface area contributed by atoms with E-state index in [-0.39, 0.29) is 46.8 Å². The Morgan fingerprint density at radius 3 is 2.66 bits per heavy atom. The van der Waals surface area contributed by atoms with Gasteiger partial charge in [0.1, 0.15) is 0 Å². The van der Waals surface area contributed by atoms with Gasteiger partial charge in [0.15, 0.2) is 11.6 Å². The van der Waals surface area contributed by atoms with Crippen LogP contribution >= 0.6 is 0 Å². The number of hydrogen-bond acceptors (Lipinski definition) is 5. The van der Waals surface area contributed by atoms with Gasteiger partial charge in [-0.15, -0.1) is 0 Å². The SMILES string of the molecule is COCCn1ccc2c(-c3nc(NC4CCCCC4N)c(F)cc3C(N)=O)cc(C(F)(F)F)cc21. The van der Waals surface area contributed by atoms with E-state index < -0.39 is 23.5 Å². The van der Waals surface area contributed by atoms with Crippen LogP contribution in [0.3, 0.4) is 0 Å². The molecule has 0 aliphatic heterocycles. The molecule has 1 amide bonds. The number of carbonyl (C=O) groups is 1. The summed E-state index contributed by atoms with van der Waals surface area (Å²) in [5.41, 5.74) is 10.6. The number of nitrogens with one attached hydrogen (secondary N) is 1. The van der Waals surface area contributed by atoms with Crippen molar-refractivity contribution in [3.05, 3.63) is 47.4 Å². The summed E-state index contributed by atoms with van der Waals surface area (Å²) >= 11 is 0. The van der Waals surface area contributed by atoms with E-state index in [4.69, 9.17) is 16.2 Å². The molecule has 0 spiro atoms. The summed E-state index contributed by atoms with van der Waals surface area (Å²) in [6.45, 7) is 0.596. The van der Waals surface area contributed by atoms with Crippen LogP contribution in [-0.2, 0) is 17.5 Å². The molecule has 188 valence electrons. The van der Waals surface area contributed by atoms with Crippen molar-refractivity contribution in [2.24, 2.45) is 11.5 Å². The molecule has 1 aliphatic rings. The van der Waals surface area contributed by atoms with E-state index in [1.54, 1.807) is 16.8 Å². The van der Waals surface area contributed by atoms with Gasteiger partial charge in [-0.25, -0.2) is 9.37 Å². The maximum atomic E-state index is 14.9. The first kappa shape index (κ1) is 24.9. The van der Waals surface area contributed by atoms with Gasteiger partial charge in [-0.2, -0.15) is 13.2 Å². The minimum atomic E-state index is -4.66. The minimum Gasteiger partial charge on any atom is -0.383 e. The van der Waals surface area contributed by atoms with Crippen molar-refractivity contribution in [1.29, 1.82) is 0 Å². The van der Waals surface area contributed by atoms with E-state index in [0.29, 0.717) is 18.4 Å². The van der Waals surface area contributed by atoms with Crippen LogP contribution in [-0.4, -0.2) is 41.3 Å². The number of alkyl halides is 3. The Balaban J connectivity index is 1.91. The third-order valence-corrected chi connectivity index (χ3v) is 6.39. The molecule has 1 aromatic carbocycles. The maximum absolute atomic E-state index is 14.9. The maximum Gasteiger partial charge on any atom is 0.416 e. The molecule has 11 heteroatoms. The number of halogens is 4. The van der Waals surface area contributed by atoms with Crippen molar-refractivity contribution in [2.75, 3.05) is 19.0 Å². The van der Waals surface area contributed by atoms with Crippen molar-refractivity contribution in [3.63, 3.8) is 0 Å². The number of primary amides is 1. The Morgan fingerprint density at radius 1 is 1.26 bits per heavy atom. The van der Waals surface area contributed by atoms with Crippen LogP contribution < -0.4 is 16.8 Å². The van der Waals surface area contributed by atoms with E-state index in [1.165, 1.54) is 7.11 Å². The summed E-state index contributed by atoms with van der Waals surface area (Å²) in [7, 11) is 1.49. The van der Waals surface area contributed by atoms with Crippen LogP contribution in [0.2, 0.25) is 0 Å². The highest BCUT2D eigenvalue weighted by Crippen LogP contribution is 2.39. The van der Waals surface area contributed by atoms with Gasteiger partial charge in [-0.1, -0.05) is 12.8 Å². The Morgan fingerprint density at radius 2 is 2.00 bits per heavy atom. The Hall–Kier alpha value is -3.18. The molecule has 2 unspecified atom stereocenters. The number of anilines is 1. The third-order valence-electron chi connectivity index (χ3n) is 6.39. The minimum absolute atomic E-state index is 0.0239. The molecule has 7 nitrogen and oxygen atoms in total.